The Kier molecular flexibility index (Phi) is 5.84. The Labute approximate surface area is 180 Å². The van der Waals surface area contributed by atoms with Crippen molar-refractivity contribution in [2.45, 2.75) is 6.92 Å². The van der Waals surface area contributed by atoms with Crippen molar-refractivity contribution in [1.29, 1.82) is 0 Å². The third-order valence-corrected chi connectivity index (χ3v) is 4.69. The van der Waals surface area contributed by atoms with Crippen LogP contribution in [-0.4, -0.2) is 28.0 Å². The van der Waals surface area contributed by atoms with Gasteiger partial charge in [-0.2, -0.15) is 0 Å². The van der Waals surface area contributed by atoms with Gasteiger partial charge in [-0.25, -0.2) is 9.97 Å². The van der Waals surface area contributed by atoms with Crippen molar-refractivity contribution in [3.63, 3.8) is 0 Å². The molecular weight excluding hydrogens is 390 g/mol. The zero-order valence-corrected chi connectivity index (χ0v) is 17.2. The quantitative estimate of drug-likeness (QED) is 0.471. The molecule has 2 N–H and O–H groups in total. The number of benzene rings is 2. The predicted molar refractivity (Wildman–Crippen MR) is 121 cm³/mol. The lowest BCUT2D eigenvalue weighted by Gasteiger charge is -2.12. The number of hydrogen-bond donors (Lipinski definition) is 2. The fraction of sp³-hybridized carbons (Fsp3) is 0.0833. The van der Waals surface area contributed by atoms with E-state index in [4.69, 9.17) is 4.74 Å². The van der Waals surface area contributed by atoms with E-state index in [1.807, 2.05) is 49.4 Å². The third kappa shape index (κ3) is 4.84. The number of pyridine rings is 1. The fourth-order valence-electron chi connectivity index (χ4n) is 3.02. The Balaban J connectivity index is 1.55. The predicted octanol–water partition coefficient (Wildman–Crippen LogP) is 4.85. The number of aromatic nitrogens is 3. The van der Waals surface area contributed by atoms with Gasteiger partial charge in [-0.1, -0.05) is 12.1 Å². The molecule has 0 spiro atoms. The number of carbonyl (C=O) groups excluding carboxylic acids is 1. The minimum Gasteiger partial charge on any atom is -0.497 e. The van der Waals surface area contributed by atoms with Gasteiger partial charge in [-0.15, -0.1) is 0 Å². The number of rotatable bonds is 6. The highest BCUT2D eigenvalue weighted by Crippen LogP contribution is 2.23. The van der Waals surface area contributed by atoms with Gasteiger partial charge < -0.3 is 15.4 Å². The molecule has 0 unspecified atom stereocenters. The Hall–Kier alpha value is -4.26. The molecule has 0 aliphatic carbocycles. The molecule has 0 saturated carbocycles. The first-order valence-corrected chi connectivity index (χ1v) is 9.69. The molecule has 7 heteroatoms. The lowest BCUT2D eigenvalue weighted by Crippen LogP contribution is -2.12. The average Bonchev–Trinajstić information content (AvgIpc) is 2.81. The number of methoxy groups -OCH3 is 1. The molecule has 0 bridgehead atoms. The number of aryl methyl sites for hydroxylation is 1. The lowest BCUT2D eigenvalue weighted by molar-refractivity contribution is 0.102. The van der Waals surface area contributed by atoms with Gasteiger partial charge in [0, 0.05) is 47.2 Å². The third-order valence-electron chi connectivity index (χ3n) is 4.69. The van der Waals surface area contributed by atoms with Crippen molar-refractivity contribution in [3.05, 3.63) is 90.4 Å². The molecule has 0 aliphatic heterocycles. The van der Waals surface area contributed by atoms with Crippen molar-refractivity contribution in [1.82, 2.24) is 15.0 Å². The maximum Gasteiger partial charge on any atom is 0.255 e. The summed E-state index contributed by atoms with van der Waals surface area (Å²) in [4.78, 5) is 25.8. The molecule has 0 atom stereocenters. The average molecular weight is 411 g/mol. The van der Waals surface area contributed by atoms with E-state index < -0.39 is 0 Å². The molecular formula is C24H21N5O2. The van der Waals surface area contributed by atoms with Crippen molar-refractivity contribution in [2.24, 2.45) is 0 Å². The van der Waals surface area contributed by atoms with E-state index in [0.29, 0.717) is 22.9 Å². The SMILES string of the molecule is COc1cccc(NC(=O)c2ccc(C)c(Nc3nccc(-c4cccnc4)n3)c2)c1. The molecule has 2 aromatic carbocycles. The van der Waals surface area contributed by atoms with E-state index in [1.165, 1.54) is 0 Å². The van der Waals surface area contributed by atoms with Crippen LogP contribution in [0.25, 0.3) is 11.3 Å². The number of nitrogens with one attached hydrogen (secondary N) is 2. The minimum atomic E-state index is -0.221. The summed E-state index contributed by atoms with van der Waals surface area (Å²) >= 11 is 0. The highest BCUT2D eigenvalue weighted by Gasteiger charge is 2.11. The highest BCUT2D eigenvalue weighted by molar-refractivity contribution is 6.05. The molecule has 0 aliphatic rings. The Morgan fingerprint density at radius 1 is 1.00 bits per heavy atom. The molecule has 2 aromatic heterocycles. The summed E-state index contributed by atoms with van der Waals surface area (Å²) in [6.45, 7) is 1.96. The van der Waals surface area contributed by atoms with Crippen LogP contribution in [0.1, 0.15) is 15.9 Å². The van der Waals surface area contributed by atoms with Crippen LogP contribution in [0.4, 0.5) is 17.3 Å². The van der Waals surface area contributed by atoms with Crippen molar-refractivity contribution >= 4 is 23.2 Å². The summed E-state index contributed by atoms with van der Waals surface area (Å²) < 4.78 is 5.21. The second-order valence-electron chi connectivity index (χ2n) is 6.85. The number of nitrogens with zero attached hydrogens (tertiary/aromatic N) is 3. The molecule has 0 radical (unpaired) electrons. The van der Waals surface area contributed by atoms with E-state index in [1.54, 1.807) is 43.9 Å². The number of anilines is 3. The Morgan fingerprint density at radius 3 is 2.71 bits per heavy atom. The zero-order valence-electron chi connectivity index (χ0n) is 17.2. The Morgan fingerprint density at radius 2 is 1.90 bits per heavy atom. The van der Waals surface area contributed by atoms with Gasteiger partial charge in [-0.3, -0.25) is 9.78 Å². The smallest absolute Gasteiger partial charge is 0.255 e. The summed E-state index contributed by atoms with van der Waals surface area (Å²) in [5, 5.41) is 6.11. The van der Waals surface area contributed by atoms with Gasteiger partial charge in [0.15, 0.2) is 0 Å². The maximum absolute atomic E-state index is 12.8. The molecule has 0 saturated heterocycles. The van der Waals surface area contributed by atoms with Crippen LogP contribution in [0.2, 0.25) is 0 Å². The van der Waals surface area contributed by atoms with E-state index in [9.17, 15) is 4.79 Å². The van der Waals surface area contributed by atoms with Gasteiger partial charge in [0.25, 0.3) is 5.91 Å². The van der Waals surface area contributed by atoms with Crippen LogP contribution in [-0.2, 0) is 0 Å². The maximum atomic E-state index is 12.8. The van der Waals surface area contributed by atoms with Crippen LogP contribution in [0.3, 0.4) is 0 Å². The van der Waals surface area contributed by atoms with Crippen molar-refractivity contribution in [3.8, 4) is 17.0 Å². The second-order valence-corrected chi connectivity index (χ2v) is 6.85. The van der Waals surface area contributed by atoms with E-state index in [-0.39, 0.29) is 5.91 Å². The van der Waals surface area contributed by atoms with Gasteiger partial charge in [0.2, 0.25) is 5.95 Å². The second kappa shape index (κ2) is 9.04. The van der Waals surface area contributed by atoms with E-state index in [0.717, 1.165) is 22.5 Å². The zero-order chi connectivity index (χ0) is 21.6. The molecule has 0 fully saturated rings. The van der Waals surface area contributed by atoms with Crippen LogP contribution in [0, 0.1) is 6.92 Å². The van der Waals surface area contributed by atoms with Crippen molar-refractivity contribution in [2.75, 3.05) is 17.7 Å². The van der Waals surface area contributed by atoms with Crippen LogP contribution >= 0.6 is 0 Å². The summed E-state index contributed by atoms with van der Waals surface area (Å²) in [6, 6.07) is 18.3. The fourth-order valence-corrected chi connectivity index (χ4v) is 3.02. The topological polar surface area (TPSA) is 89.0 Å². The number of carbonyl (C=O) groups is 1. The first-order chi connectivity index (χ1) is 15.1. The molecule has 31 heavy (non-hydrogen) atoms. The summed E-state index contributed by atoms with van der Waals surface area (Å²) in [5.74, 6) is 0.894. The monoisotopic (exact) mass is 411 g/mol. The van der Waals surface area contributed by atoms with Crippen molar-refractivity contribution < 1.29 is 9.53 Å². The Bertz CT molecular complexity index is 1210. The molecule has 7 nitrogen and oxygen atoms in total. The van der Waals surface area contributed by atoms with Crippen LogP contribution in [0.15, 0.2) is 79.3 Å². The molecule has 2 heterocycles. The van der Waals surface area contributed by atoms with E-state index >= 15 is 0 Å². The van der Waals surface area contributed by atoms with Gasteiger partial charge in [0.05, 0.1) is 12.8 Å². The lowest BCUT2D eigenvalue weighted by atomic mass is 10.1. The van der Waals surface area contributed by atoms with Gasteiger partial charge >= 0.3 is 0 Å². The standard InChI is InChI=1S/C24H21N5O2/c1-16-8-9-17(23(30)27-19-6-3-7-20(14-19)31-2)13-22(16)29-24-26-12-10-21(28-24)18-5-4-11-25-15-18/h3-15H,1-2H3,(H,27,30)(H,26,28,29). The van der Waals surface area contributed by atoms with Gasteiger partial charge in [0.1, 0.15) is 5.75 Å². The summed E-state index contributed by atoms with van der Waals surface area (Å²) in [6.07, 6.45) is 5.16. The molecule has 4 aromatic rings. The van der Waals surface area contributed by atoms with E-state index in [2.05, 4.69) is 25.6 Å². The first-order valence-electron chi connectivity index (χ1n) is 9.69. The summed E-state index contributed by atoms with van der Waals surface area (Å²) in [7, 11) is 1.59. The minimum absolute atomic E-state index is 0.221. The van der Waals surface area contributed by atoms with Crippen LogP contribution in [0.5, 0.6) is 5.75 Å². The number of ether oxygens (including phenoxy) is 1. The highest BCUT2D eigenvalue weighted by atomic mass is 16.5. The summed E-state index contributed by atoms with van der Waals surface area (Å²) in [5.41, 5.74) is 4.55. The molecule has 4 rings (SSSR count). The first kappa shape index (κ1) is 20.0. The molecule has 154 valence electrons. The largest absolute Gasteiger partial charge is 0.497 e. The van der Waals surface area contributed by atoms with Crippen LogP contribution < -0.4 is 15.4 Å². The van der Waals surface area contributed by atoms with Gasteiger partial charge in [-0.05, 0) is 55.0 Å². The number of hydrogen-bond acceptors (Lipinski definition) is 6. The normalized spacial score (nSPS) is 10.4. The number of amides is 1. The molecule has 1 amide bonds.